The first kappa shape index (κ1) is 17.2. The smallest absolute Gasteiger partial charge is 0.254 e. The van der Waals surface area contributed by atoms with E-state index in [1.807, 2.05) is 30.0 Å². The van der Waals surface area contributed by atoms with E-state index in [1.165, 1.54) is 6.42 Å². The molecule has 0 unspecified atom stereocenters. The molecule has 0 aromatic carbocycles. The van der Waals surface area contributed by atoms with Crippen LogP contribution in [-0.2, 0) is 0 Å². The van der Waals surface area contributed by atoms with Gasteiger partial charge in [0.25, 0.3) is 5.91 Å². The Morgan fingerprint density at radius 2 is 1.88 bits per heavy atom. The van der Waals surface area contributed by atoms with E-state index in [2.05, 4.69) is 20.6 Å². The van der Waals surface area contributed by atoms with Crippen molar-refractivity contribution in [3.63, 3.8) is 0 Å². The van der Waals surface area contributed by atoms with Crippen LogP contribution >= 0.6 is 0 Å². The molecule has 2 aromatic rings. The molecule has 0 saturated carbocycles. The summed E-state index contributed by atoms with van der Waals surface area (Å²) in [6, 6.07) is 7.58. The fraction of sp³-hybridized carbons (Fsp3) is 0.421. The maximum absolute atomic E-state index is 12.6. The quantitative estimate of drug-likeness (QED) is 0.792. The van der Waals surface area contributed by atoms with Gasteiger partial charge in [0, 0.05) is 44.1 Å². The number of aryl methyl sites for hydroxylation is 1. The number of rotatable bonds is 6. The molecule has 1 fully saturated rings. The summed E-state index contributed by atoms with van der Waals surface area (Å²) in [4.78, 5) is 23.1. The Hall–Kier alpha value is -2.63. The summed E-state index contributed by atoms with van der Waals surface area (Å²) in [5.74, 6) is 1.72. The van der Waals surface area contributed by atoms with Crippen molar-refractivity contribution in [2.24, 2.45) is 0 Å². The number of amides is 1. The topological polar surface area (TPSA) is 70.2 Å². The lowest BCUT2D eigenvalue weighted by Gasteiger charge is -2.26. The molecule has 0 bridgehead atoms. The first-order chi connectivity index (χ1) is 12.2. The van der Waals surface area contributed by atoms with E-state index in [0.29, 0.717) is 12.1 Å². The van der Waals surface area contributed by atoms with E-state index in [1.54, 1.807) is 18.5 Å². The Bertz CT molecular complexity index is 712. The Labute approximate surface area is 148 Å². The number of pyridine rings is 2. The molecule has 1 aliphatic rings. The second-order valence-corrected chi connectivity index (χ2v) is 6.31. The number of hydrogen-bond acceptors (Lipinski definition) is 5. The molecule has 6 nitrogen and oxygen atoms in total. The van der Waals surface area contributed by atoms with Crippen molar-refractivity contribution in [2.75, 3.05) is 36.8 Å². The van der Waals surface area contributed by atoms with Crippen LogP contribution in [0.3, 0.4) is 0 Å². The molecule has 3 heterocycles. The van der Waals surface area contributed by atoms with Crippen molar-refractivity contribution in [3.8, 4) is 0 Å². The van der Waals surface area contributed by atoms with Gasteiger partial charge in [-0.25, -0.2) is 9.97 Å². The van der Waals surface area contributed by atoms with Crippen LogP contribution in [0.2, 0.25) is 0 Å². The fourth-order valence-corrected chi connectivity index (χ4v) is 2.98. The first-order valence-electron chi connectivity index (χ1n) is 8.89. The summed E-state index contributed by atoms with van der Waals surface area (Å²) < 4.78 is 0. The van der Waals surface area contributed by atoms with Crippen LogP contribution in [0, 0.1) is 6.92 Å². The third-order valence-corrected chi connectivity index (χ3v) is 4.38. The van der Waals surface area contributed by atoms with E-state index in [4.69, 9.17) is 0 Å². The lowest BCUT2D eigenvalue weighted by Crippen LogP contribution is -2.35. The average molecular weight is 339 g/mol. The van der Waals surface area contributed by atoms with E-state index >= 15 is 0 Å². The number of nitrogens with one attached hydrogen (secondary N) is 2. The number of anilines is 2. The maximum atomic E-state index is 12.6. The third kappa shape index (κ3) is 4.68. The van der Waals surface area contributed by atoms with Crippen molar-refractivity contribution in [1.29, 1.82) is 0 Å². The van der Waals surface area contributed by atoms with Gasteiger partial charge in [-0.1, -0.05) is 6.07 Å². The largest absolute Gasteiger partial charge is 0.368 e. The van der Waals surface area contributed by atoms with Gasteiger partial charge in [0.1, 0.15) is 11.6 Å². The zero-order chi connectivity index (χ0) is 17.5. The van der Waals surface area contributed by atoms with Crippen molar-refractivity contribution in [2.45, 2.75) is 26.2 Å². The molecule has 1 amide bonds. The van der Waals surface area contributed by atoms with Gasteiger partial charge < -0.3 is 15.5 Å². The van der Waals surface area contributed by atoms with Crippen LogP contribution < -0.4 is 10.6 Å². The normalized spacial score (nSPS) is 14.2. The van der Waals surface area contributed by atoms with E-state index in [9.17, 15) is 4.79 Å². The van der Waals surface area contributed by atoms with Crippen LogP contribution in [0.4, 0.5) is 11.6 Å². The molecule has 1 aliphatic heterocycles. The standard InChI is InChI=1S/C19H25N5O/c1-15-6-5-8-22-18(15)23-11-10-21-17-14-16(7-9-20-17)19(25)24-12-3-2-4-13-24/h5-9,14H,2-4,10-13H2,1H3,(H,20,21)(H,22,23). The van der Waals surface area contributed by atoms with Crippen LogP contribution in [0.5, 0.6) is 0 Å². The van der Waals surface area contributed by atoms with Gasteiger partial charge in [-0.2, -0.15) is 0 Å². The van der Waals surface area contributed by atoms with Gasteiger partial charge in [-0.3, -0.25) is 4.79 Å². The van der Waals surface area contributed by atoms with Crippen molar-refractivity contribution >= 4 is 17.5 Å². The molecular weight excluding hydrogens is 314 g/mol. The highest BCUT2D eigenvalue weighted by atomic mass is 16.2. The lowest BCUT2D eigenvalue weighted by molar-refractivity contribution is 0.0724. The highest BCUT2D eigenvalue weighted by molar-refractivity contribution is 5.94. The van der Waals surface area contributed by atoms with E-state index in [-0.39, 0.29) is 5.91 Å². The molecule has 2 N–H and O–H groups in total. The first-order valence-corrected chi connectivity index (χ1v) is 8.89. The number of carbonyl (C=O) groups is 1. The van der Waals surface area contributed by atoms with Crippen LogP contribution in [-0.4, -0.2) is 47.0 Å². The summed E-state index contributed by atoms with van der Waals surface area (Å²) >= 11 is 0. The Balaban J connectivity index is 1.51. The summed E-state index contributed by atoms with van der Waals surface area (Å²) in [6.07, 6.45) is 6.88. The third-order valence-electron chi connectivity index (χ3n) is 4.38. The Morgan fingerprint density at radius 3 is 2.68 bits per heavy atom. The summed E-state index contributed by atoms with van der Waals surface area (Å²) in [5, 5.41) is 6.56. The maximum Gasteiger partial charge on any atom is 0.254 e. The molecule has 6 heteroatoms. The number of aromatic nitrogens is 2. The number of likely N-dealkylation sites (tertiary alicyclic amines) is 1. The molecule has 132 valence electrons. The van der Waals surface area contributed by atoms with E-state index in [0.717, 1.165) is 49.7 Å². The van der Waals surface area contributed by atoms with Crippen molar-refractivity contribution in [3.05, 3.63) is 47.8 Å². The molecule has 0 spiro atoms. The minimum Gasteiger partial charge on any atom is -0.368 e. The minimum absolute atomic E-state index is 0.104. The van der Waals surface area contributed by atoms with E-state index < -0.39 is 0 Å². The van der Waals surface area contributed by atoms with Crippen LogP contribution in [0.15, 0.2) is 36.7 Å². The average Bonchev–Trinajstić information content (AvgIpc) is 2.67. The van der Waals surface area contributed by atoms with Crippen LogP contribution in [0.1, 0.15) is 35.2 Å². The molecule has 25 heavy (non-hydrogen) atoms. The summed E-state index contributed by atoms with van der Waals surface area (Å²) in [5.41, 5.74) is 1.82. The van der Waals surface area contributed by atoms with Gasteiger partial charge in [0.2, 0.25) is 0 Å². The van der Waals surface area contributed by atoms with Gasteiger partial charge in [-0.15, -0.1) is 0 Å². The fourth-order valence-electron chi connectivity index (χ4n) is 2.98. The number of hydrogen-bond donors (Lipinski definition) is 2. The van der Waals surface area contributed by atoms with Gasteiger partial charge in [-0.05, 0) is 49.9 Å². The minimum atomic E-state index is 0.104. The molecule has 3 rings (SSSR count). The summed E-state index contributed by atoms with van der Waals surface area (Å²) in [7, 11) is 0. The SMILES string of the molecule is Cc1cccnc1NCCNc1cc(C(=O)N2CCCCC2)ccn1. The number of piperidine rings is 1. The predicted molar refractivity (Wildman–Crippen MR) is 99.9 cm³/mol. The van der Waals surface area contributed by atoms with Crippen molar-refractivity contribution < 1.29 is 4.79 Å². The number of nitrogens with zero attached hydrogens (tertiary/aromatic N) is 3. The van der Waals surface area contributed by atoms with Gasteiger partial charge in [0.05, 0.1) is 0 Å². The second-order valence-electron chi connectivity index (χ2n) is 6.31. The Kier molecular flexibility index (Phi) is 5.82. The molecule has 0 radical (unpaired) electrons. The molecule has 0 atom stereocenters. The van der Waals surface area contributed by atoms with Crippen molar-refractivity contribution in [1.82, 2.24) is 14.9 Å². The monoisotopic (exact) mass is 339 g/mol. The zero-order valence-corrected chi connectivity index (χ0v) is 14.7. The molecule has 1 saturated heterocycles. The van der Waals surface area contributed by atoms with Crippen LogP contribution in [0.25, 0.3) is 0 Å². The lowest BCUT2D eigenvalue weighted by atomic mass is 10.1. The zero-order valence-electron chi connectivity index (χ0n) is 14.7. The summed E-state index contributed by atoms with van der Waals surface area (Å²) in [6.45, 7) is 5.17. The molecule has 0 aliphatic carbocycles. The predicted octanol–water partition coefficient (Wildman–Crippen LogP) is 2.94. The highest BCUT2D eigenvalue weighted by Crippen LogP contribution is 2.15. The highest BCUT2D eigenvalue weighted by Gasteiger charge is 2.18. The van der Waals surface area contributed by atoms with Gasteiger partial charge in [0.15, 0.2) is 0 Å². The number of carbonyl (C=O) groups excluding carboxylic acids is 1. The van der Waals surface area contributed by atoms with Gasteiger partial charge >= 0.3 is 0 Å². The Morgan fingerprint density at radius 1 is 1.08 bits per heavy atom. The molecular formula is C19H25N5O. The molecule has 2 aromatic heterocycles. The second kappa shape index (κ2) is 8.46.